The minimum Gasteiger partial charge on any atom is -0.326 e. The van der Waals surface area contributed by atoms with Crippen molar-refractivity contribution in [3.8, 4) is 0 Å². The van der Waals surface area contributed by atoms with Gasteiger partial charge in [0.2, 0.25) is 11.8 Å². The summed E-state index contributed by atoms with van der Waals surface area (Å²) in [5.74, 6) is -6.27. The molecule has 0 radical (unpaired) electrons. The molecule has 0 aliphatic carbocycles. The van der Waals surface area contributed by atoms with Crippen LogP contribution < -0.4 is 15.8 Å². The lowest BCUT2D eigenvalue weighted by Crippen LogP contribution is -2.28. The van der Waals surface area contributed by atoms with Crippen molar-refractivity contribution in [2.75, 3.05) is 16.8 Å². The monoisotopic (exact) mass is 444 g/mol. The highest BCUT2D eigenvalue weighted by atomic mass is 19.2. The van der Waals surface area contributed by atoms with E-state index in [-0.39, 0.29) is 30.3 Å². The second-order valence-corrected chi connectivity index (χ2v) is 7.90. The molecule has 166 valence electrons. The summed E-state index contributed by atoms with van der Waals surface area (Å²) in [5, 5.41) is 3.01. The molecular formula is C22H19F3N4O3. The zero-order valence-corrected chi connectivity index (χ0v) is 17.2. The predicted molar refractivity (Wildman–Crippen MR) is 112 cm³/mol. The molecule has 1 aliphatic rings. The van der Waals surface area contributed by atoms with Gasteiger partial charge in [0.1, 0.15) is 0 Å². The molecule has 2 heterocycles. The largest absolute Gasteiger partial charge is 0.326 e. The number of halogens is 3. The third kappa shape index (κ3) is 3.83. The quantitative estimate of drug-likeness (QED) is 0.626. The van der Waals surface area contributed by atoms with Gasteiger partial charge < -0.3 is 10.2 Å². The number of anilines is 2. The number of hydrogen-bond acceptors (Lipinski definition) is 4. The average molecular weight is 444 g/mol. The van der Waals surface area contributed by atoms with Crippen molar-refractivity contribution in [1.82, 2.24) is 9.55 Å². The van der Waals surface area contributed by atoms with Crippen LogP contribution in [0.5, 0.6) is 0 Å². The Kier molecular flexibility index (Phi) is 5.45. The Morgan fingerprint density at radius 2 is 1.81 bits per heavy atom. The van der Waals surface area contributed by atoms with Crippen molar-refractivity contribution >= 4 is 34.1 Å². The first-order chi connectivity index (χ1) is 15.2. The van der Waals surface area contributed by atoms with E-state index >= 15 is 0 Å². The first-order valence-corrected chi connectivity index (χ1v) is 9.92. The van der Waals surface area contributed by atoms with E-state index in [9.17, 15) is 27.6 Å². The van der Waals surface area contributed by atoms with Crippen molar-refractivity contribution < 1.29 is 22.8 Å². The molecule has 4 rings (SSSR count). The Bertz CT molecular complexity index is 1280. The first kappa shape index (κ1) is 21.5. The number of carbonyl (C=O) groups excluding carboxylic acids is 2. The average Bonchev–Trinajstić information content (AvgIpc) is 3.14. The van der Waals surface area contributed by atoms with E-state index in [1.54, 1.807) is 12.1 Å². The Balaban J connectivity index is 1.54. The lowest BCUT2D eigenvalue weighted by atomic mass is 10.1. The molecule has 1 N–H and O–H groups in total. The van der Waals surface area contributed by atoms with Crippen LogP contribution in [0, 0.1) is 23.4 Å². The first-order valence-electron chi connectivity index (χ1n) is 9.92. The molecule has 1 aliphatic heterocycles. The van der Waals surface area contributed by atoms with E-state index in [2.05, 4.69) is 10.3 Å². The zero-order valence-electron chi connectivity index (χ0n) is 17.2. The van der Waals surface area contributed by atoms with Gasteiger partial charge in [-0.3, -0.25) is 19.0 Å². The van der Waals surface area contributed by atoms with Crippen LogP contribution in [0.25, 0.3) is 10.9 Å². The maximum atomic E-state index is 13.5. The van der Waals surface area contributed by atoms with Crippen LogP contribution in [0.3, 0.4) is 0 Å². The van der Waals surface area contributed by atoms with Crippen molar-refractivity contribution in [3.05, 3.63) is 64.5 Å². The van der Waals surface area contributed by atoms with Crippen LogP contribution in [-0.4, -0.2) is 27.9 Å². The fraction of sp³-hybridized carbons (Fsp3) is 0.273. The summed E-state index contributed by atoms with van der Waals surface area (Å²) in [6, 6.07) is 6.05. The number of benzene rings is 2. The Hall–Kier alpha value is -3.69. The van der Waals surface area contributed by atoms with Crippen LogP contribution in [-0.2, 0) is 9.59 Å². The van der Waals surface area contributed by atoms with Gasteiger partial charge in [0, 0.05) is 42.5 Å². The summed E-state index contributed by atoms with van der Waals surface area (Å²) < 4.78 is 41.8. The Morgan fingerprint density at radius 3 is 2.47 bits per heavy atom. The topological polar surface area (TPSA) is 84.3 Å². The predicted octanol–water partition coefficient (Wildman–Crippen LogP) is 3.39. The zero-order chi connectivity index (χ0) is 23.2. The molecular weight excluding hydrogens is 425 g/mol. The Labute approximate surface area is 180 Å². The number of amides is 2. The molecule has 0 unspecified atom stereocenters. The molecule has 0 bridgehead atoms. The number of rotatable bonds is 4. The standard InChI is InChI=1S/C22H19F3N4O3/c1-11(2)29-10-26-18-4-3-13(6-15(18)22(29)32)27-21(31)12-5-19(30)28(9-12)14-7-16(23)20(25)17(24)8-14/h3-4,6-8,10-12H,5,9H2,1-2H3,(H,27,31)/t12-/m0/s1. The number of fused-ring (bicyclic) bond motifs is 1. The number of aromatic nitrogens is 2. The summed E-state index contributed by atoms with van der Waals surface area (Å²) in [5.41, 5.74) is 0.427. The highest BCUT2D eigenvalue weighted by Gasteiger charge is 2.36. The van der Waals surface area contributed by atoms with Crippen LogP contribution in [0.2, 0.25) is 0 Å². The van der Waals surface area contributed by atoms with Crippen LogP contribution >= 0.6 is 0 Å². The van der Waals surface area contributed by atoms with Gasteiger partial charge in [-0.15, -0.1) is 0 Å². The van der Waals surface area contributed by atoms with Crippen molar-refractivity contribution in [1.29, 1.82) is 0 Å². The van der Waals surface area contributed by atoms with E-state index in [0.29, 0.717) is 28.7 Å². The molecule has 1 fully saturated rings. The normalized spacial score (nSPS) is 16.2. The van der Waals surface area contributed by atoms with Gasteiger partial charge in [-0.05, 0) is 32.0 Å². The van der Waals surface area contributed by atoms with Crippen molar-refractivity contribution in [2.24, 2.45) is 5.92 Å². The molecule has 2 amide bonds. The highest BCUT2D eigenvalue weighted by molar-refractivity contribution is 6.04. The van der Waals surface area contributed by atoms with E-state index in [0.717, 1.165) is 4.90 Å². The van der Waals surface area contributed by atoms with Gasteiger partial charge in [0.15, 0.2) is 17.5 Å². The van der Waals surface area contributed by atoms with E-state index in [1.807, 2.05) is 13.8 Å². The minimum atomic E-state index is -1.63. The van der Waals surface area contributed by atoms with Gasteiger partial charge in [-0.1, -0.05) is 0 Å². The summed E-state index contributed by atoms with van der Waals surface area (Å²) in [7, 11) is 0. The van der Waals surface area contributed by atoms with Crippen molar-refractivity contribution in [3.63, 3.8) is 0 Å². The number of nitrogens with zero attached hydrogens (tertiary/aromatic N) is 3. The van der Waals surface area contributed by atoms with E-state index in [4.69, 9.17) is 0 Å². The fourth-order valence-corrected chi connectivity index (χ4v) is 3.66. The molecule has 1 aromatic heterocycles. The van der Waals surface area contributed by atoms with Gasteiger partial charge in [0.05, 0.1) is 23.1 Å². The third-order valence-corrected chi connectivity index (χ3v) is 5.38. The molecule has 1 atom stereocenters. The summed E-state index contributed by atoms with van der Waals surface area (Å²) in [4.78, 5) is 43.0. The second-order valence-electron chi connectivity index (χ2n) is 7.90. The maximum Gasteiger partial charge on any atom is 0.261 e. The molecule has 7 nitrogen and oxygen atoms in total. The SMILES string of the molecule is CC(C)n1cnc2ccc(NC(=O)[C@H]3CC(=O)N(c4cc(F)c(F)c(F)c4)C3)cc2c1=O. The summed E-state index contributed by atoms with van der Waals surface area (Å²) in [6.45, 7) is 3.58. The van der Waals surface area contributed by atoms with E-state index in [1.165, 1.54) is 17.0 Å². The fourth-order valence-electron chi connectivity index (χ4n) is 3.66. The minimum absolute atomic E-state index is 0.0886. The summed E-state index contributed by atoms with van der Waals surface area (Å²) >= 11 is 0. The molecule has 3 aromatic rings. The van der Waals surface area contributed by atoms with Crippen LogP contribution in [0.1, 0.15) is 26.3 Å². The lowest BCUT2D eigenvalue weighted by Gasteiger charge is -2.17. The molecule has 0 spiro atoms. The van der Waals surface area contributed by atoms with Gasteiger partial charge in [-0.25, -0.2) is 18.2 Å². The van der Waals surface area contributed by atoms with Gasteiger partial charge in [-0.2, -0.15) is 0 Å². The third-order valence-electron chi connectivity index (χ3n) is 5.38. The second kappa shape index (κ2) is 8.10. The number of nitrogens with one attached hydrogen (secondary N) is 1. The Morgan fingerprint density at radius 1 is 1.12 bits per heavy atom. The molecule has 0 saturated carbocycles. The molecule has 1 saturated heterocycles. The number of hydrogen-bond donors (Lipinski definition) is 1. The van der Waals surface area contributed by atoms with Crippen LogP contribution in [0.15, 0.2) is 41.5 Å². The lowest BCUT2D eigenvalue weighted by molar-refractivity contribution is -0.122. The van der Waals surface area contributed by atoms with Crippen molar-refractivity contribution in [2.45, 2.75) is 26.3 Å². The van der Waals surface area contributed by atoms with Gasteiger partial charge in [0.25, 0.3) is 5.56 Å². The maximum absolute atomic E-state index is 13.5. The van der Waals surface area contributed by atoms with Gasteiger partial charge >= 0.3 is 0 Å². The smallest absolute Gasteiger partial charge is 0.261 e. The van der Waals surface area contributed by atoms with Crippen LogP contribution in [0.4, 0.5) is 24.5 Å². The van der Waals surface area contributed by atoms with E-state index < -0.39 is 35.2 Å². The molecule has 2 aromatic carbocycles. The highest BCUT2D eigenvalue weighted by Crippen LogP contribution is 2.28. The molecule has 10 heteroatoms. The molecule has 32 heavy (non-hydrogen) atoms. The summed E-state index contributed by atoms with van der Waals surface area (Å²) in [6.07, 6.45) is 1.29. The number of carbonyl (C=O) groups is 2.